The van der Waals surface area contributed by atoms with Crippen molar-refractivity contribution in [2.75, 3.05) is 10.6 Å². The highest BCUT2D eigenvalue weighted by molar-refractivity contribution is 6.13. The van der Waals surface area contributed by atoms with Gasteiger partial charge in [0.1, 0.15) is 11.2 Å². The van der Waals surface area contributed by atoms with Crippen LogP contribution in [0.15, 0.2) is 48.5 Å². The first-order valence-electron chi connectivity index (χ1n) is 7.21. The summed E-state index contributed by atoms with van der Waals surface area (Å²) < 4.78 is 13.2. The molecule has 2 rings (SSSR count). The van der Waals surface area contributed by atoms with Crippen LogP contribution in [0.25, 0.3) is 0 Å². The number of nitrogens with one attached hydrogen (secondary N) is 2. The summed E-state index contributed by atoms with van der Waals surface area (Å²) in [6.07, 6.45) is 0. The SMILES string of the molecule is CC(C)(C(=O)Nc1ccc(C#N)cc1)C(=O)Nc1cccc(F)c1. The van der Waals surface area contributed by atoms with Crippen LogP contribution in [0.5, 0.6) is 0 Å². The van der Waals surface area contributed by atoms with Gasteiger partial charge in [-0.05, 0) is 56.3 Å². The van der Waals surface area contributed by atoms with Gasteiger partial charge in [0.25, 0.3) is 0 Å². The van der Waals surface area contributed by atoms with Gasteiger partial charge in [-0.25, -0.2) is 4.39 Å². The predicted octanol–water partition coefficient (Wildman–Crippen LogP) is 3.30. The van der Waals surface area contributed by atoms with Gasteiger partial charge in [-0.15, -0.1) is 0 Å². The molecule has 0 atom stereocenters. The second-order valence-corrected chi connectivity index (χ2v) is 5.73. The normalized spacial score (nSPS) is 10.6. The summed E-state index contributed by atoms with van der Waals surface area (Å²) in [4.78, 5) is 24.7. The molecule has 0 saturated carbocycles. The van der Waals surface area contributed by atoms with E-state index in [-0.39, 0.29) is 5.69 Å². The Morgan fingerprint density at radius 3 is 2.12 bits per heavy atom. The fourth-order valence-corrected chi connectivity index (χ4v) is 1.87. The summed E-state index contributed by atoms with van der Waals surface area (Å²) >= 11 is 0. The fourth-order valence-electron chi connectivity index (χ4n) is 1.87. The average Bonchev–Trinajstić information content (AvgIpc) is 2.55. The van der Waals surface area contributed by atoms with E-state index in [1.165, 1.54) is 38.1 Å². The van der Waals surface area contributed by atoms with Crippen molar-refractivity contribution in [2.24, 2.45) is 5.41 Å². The van der Waals surface area contributed by atoms with Crippen LogP contribution < -0.4 is 10.6 Å². The molecule has 2 aromatic carbocycles. The topological polar surface area (TPSA) is 82.0 Å². The zero-order valence-corrected chi connectivity index (χ0v) is 13.3. The zero-order chi connectivity index (χ0) is 17.7. The van der Waals surface area contributed by atoms with E-state index in [0.29, 0.717) is 11.3 Å². The molecule has 122 valence electrons. The third-order valence-electron chi connectivity index (χ3n) is 3.49. The van der Waals surface area contributed by atoms with Crippen LogP contribution >= 0.6 is 0 Å². The molecule has 24 heavy (non-hydrogen) atoms. The number of carbonyl (C=O) groups excluding carboxylic acids is 2. The molecule has 2 N–H and O–H groups in total. The lowest BCUT2D eigenvalue weighted by molar-refractivity contribution is -0.135. The molecule has 0 spiro atoms. The van der Waals surface area contributed by atoms with Crippen molar-refractivity contribution >= 4 is 23.2 Å². The molecular formula is C18H16FN3O2. The molecule has 0 heterocycles. The van der Waals surface area contributed by atoms with E-state index < -0.39 is 23.0 Å². The molecule has 0 aromatic heterocycles. The Balaban J connectivity index is 2.08. The molecule has 0 saturated heterocycles. The number of hydrogen-bond acceptors (Lipinski definition) is 3. The van der Waals surface area contributed by atoms with Gasteiger partial charge in [0.15, 0.2) is 0 Å². The molecule has 5 nitrogen and oxygen atoms in total. The molecular weight excluding hydrogens is 309 g/mol. The highest BCUT2D eigenvalue weighted by Crippen LogP contribution is 2.22. The summed E-state index contributed by atoms with van der Waals surface area (Å²) in [5, 5.41) is 13.9. The van der Waals surface area contributed by atoms with E-state index in [0.717, 1.165) is 0 Å². The first-order chi connectivity index (χ1) is 11.3. The lowest BCUT2D eigenvalue weighted by atomic mass is 9.90. The third-order valence-corrected chi connectivity index (χ3v) is 3.49. The van der Waals surface area contributed by atoms with Gasteiger partial charge in [0.2, 0.25) is 11.8 Å². The van der Waals surface area contributed by atoms with Crippen molar-refractivity contribution in [3.8, 4) is 6.07 Å². The van der Waals surface area contributed by atoms with E-state index in [4.69, 9.17) is 5.26 Å². The van der Waals surface area contributed by atoms with Gasteiger partial charge in [0, 0.05) is 11.4 Å². The highest BCUT2D eigenvalue weighted by atomic mass is 19.1. The monoisotopic (exact) mass is 325 g/mol. The number of carbonyl (C=O) groups is 2. The van der Waals surface area contributed by atoms with Gasteiger partial charge in [-0.3, -0.25) is 9.59 Å². The third kappa shape index (κ3) is 3.96. The van der Waals surface area contributed by atoms with Crippen molar-refractivity contribution in [2.45, 2.75) is 13.8 Å². The first-order valence-corrected chi connectivity index (χ1v) is 7.21. The molecule has 6 heteroatoms. The smallest absolute Gasteiger partial charge is 0.239 e. The predicted molar refractivity (Wildman–Crippen MR) is 88.6 cm³/mol. The molecule has 2 aromatic rings. The number of rotatable bonds is 4. The number of nitrogens with zero attached hydrogens (tertiary/aromatic N) is 1. The summed E-state index contributed by atoms with van der Waals surface area (Å²) in [5.41, 5.74) is -0.152. The lowest BCUT2D eigenvalue weighted by Crippen LogP contribution is -2.41. The Morgan fingerprint density at radius 1 is 1.00 bits per heavy atom. The molecule has 0 bridgehead atoms. The number of amides is 2. The molecule has 2 amide bonds. The Morgan fingerprint density at radius 2 is 1.58 bits per heavy atom. The van der Waals surface area contributed by atoms with E-state index in [1.807, 2.05) is 6.07 Å². The van der Waals surface area contributed by atoms with Crippen LogP contribution in [0.3, 0.4) is 0 Å². The minimum atomic E-state index is -1.37. The van der Waals surface area contributed by atoms with Crippen LogP contribution in [0.2, 0.25) is 0 Å². The quantitative estimate of drug-likeness (QED) is 0.846. The summed E-state index contributed by atoms with van der Waals surface area (Å²) in [6.45, 7) is 2.95. The van der Waals surface area contributed by atoms with Crippen molar-refractivity contribution in [3.63, 3.8) is 0 Å². The Labute approximate surface area is 139 Å². The average molecular weight is 325 g/mol. The Hall–Kier alpha value is -3.20. The molecule has 0 aliphatic heterocycles. The Kier molecular flexibility index (Phi) is 4.95. The minimum absolute atomic E-state index is 0.277. The zero-order valence-electron chi connectivity index (χ0n) is 13.3. The second-order valence-electron chi connectivity index (χ2n) is 5.73. The van der Waals surface area contributed by atoms with Gasteiger partial charge in [-0.2, -0.15) is 5.26 Å². The van der Waals surface area contributed by atoms with Crippen molar-refractivity contribution < 1.29 is 14.0 Å². The summed E-state index contributed by atoms with van der Waals surface area (Å²) in [6, 6.07) is 13.7. The summed E-state index contributed by atoms with van der Waals surface area (Å²) in [5.74, 6) is -1.55. The maximum Gasteiger partial charge on any atom is 0.239 e. The van der Waals surface area contributed by atoms with Crippen LogP contribution in [-0.2, 0) is 9.59 Å². The molecule has 0 fully saturated rings. The number of halogens is 1. The van der Waals surface area contributed by atoms with Crippen molar-refractivity contribution in [1.29, 1.82) is 5.26 Å². The molecule has 0 aliphatic carbocycles. The second kappa shape index (κ2) is 6.92. The van der Waals surface area contributed by atoms with Gasteiger partial charge in [0.05, 0.1) is 11.6 Å². The van der Waals surface area contributed by atoms with E-state index in [1.54, 1.807) is 24.3 Å². The lowest BCUT2D eigenvalue weighted by Gasteiger charge is -2.22. The standard InChI is InChI=1S/C18H16FN3O2/c1-18(2,17(24)22-15-5-3-4-13(19)10-15)16(23)21-14-8-6-12(11-20)7-9-14/h3-10H,1-2H3,(H,21,23)(H,22,24). The molecule has 0 unspecified atom stereocenters. The number of nitriles is 1. The molecule has 0 aliphatic rings. The maximum absolute atomic E-state index is 13.2. The van der Waals surface area contributed by atoms with Crippen molar-refractivity contribution in [3.05, 3.63) is 59.9 Å². The van der Waals surface area contributed by atoms with E-state index in [9.17, 15) is 14.0 Å². The van der Waals surface area contributed by atoms with E-state index >= 15 is 0 Å². The van der Waals surface area contributed by atoms with Gasteiger partial charge < -0.3 is 10.6 Å². The fraction of sp³-hybridized carbons (Fsp3) is 0.167. The van der Waals surface area contributed by atoms with E-state index in [2.05, 4.69) is 10.6 Å². The van der Waals surface area contributed by atoms with Crippen LogP contribution in [0.4, 0.5) is 15.8 Å². The summed E-state index contributed by atoms with van der Waals surface area (Å²) in [7, 11) is 0. The van der Waals surface area contributed by atoms with Crippen LogP contribution in [0, 0.1) is 22.6 Å². The van der Waals surface area contributed by atoms with Gasteiger partial charge >= 0.3 is 0 Å². The molecule has 0 radical (unpaired) electrons. The van der Waals surface area contributed by atoms with Crippen LogP contribution in [0.1, 0.15) is 19.4 Å². The van der Waals surface area contributed by atoms with Crippen molar-refractivity contribution in [1.82, 2.24) is 0 Å². The Bertz CT molecular complexity index is 808. The maximum atomic E-state index is 13.2. The minimum Gasteiger partial charge on any atom is -0.325 e. The largest absolute Gasteiger partial charge is 0.325 e. The van der Waals surface area contributed by atoms with Gasteiger partial charge in [-0.1, -0.05) is 6.07 Å². The number of hydrogen-bond donors (Lipinski definition) is 2. The first kappa shape index (κ1) is 17.2. The van der Waals surface area contributed by atoms with Crippen LogP contribution in [-0.4, -0.2) is 11.8 Å². The number of anilines is 2. The highest BCUT2D eigenvalue weighted by Gasteiger charge is 2.36. The number of benzene rings is 2.